The molecule has 1 atom stereocenters. The zero-order chi connectivity index (χ0) is 11.5. The molecule has 6 heteroatoms. The third kappa shape index (κ3) is 2.89. The fraction of sp³-hybridized carbons (Fsp3) is 0.300. The molecule has 1 aromatic heterocycles. The Balaban J connectivity index is 0.00000225. The van der Waals surface area contributed by atoms with Crippen molar-refractivity contribution in [3.05, 3.63) is 30.1 Å². The van der Waals surface area contributed by atoms with Crippen molar-refractivity contribution in [2.75, 3.05) is 0 Å². The number of hydrogen-bond donors (Lipinski definition) is 1. The van der Waals surface area contributed by atoms with Gasteiger partial charge in [0.05, 0.1) is 5.97 Å². The maximum absolute atomic E-state index is 11.8. The molecule has 1 aromatic rings. The number of ketones is 1. The molecule has 0 saturated carbocycles. The Labute approximate surface area is 115 Å². The van der Waals surface area contributed by atoms with Gasteiger partial charge in [-0.15, -0.1) is 0 Å². The molecular formula is C10H11N2NaO3. The number of rotatable bonds is 4. The van der Waals surface area contributed by atoms with Crippen molar-refractivity contribution in [3.63, 3.8) is 0 Å². The molecule has 0 amide bonds. The van der Waals surface area contributed by atoms with Crippen LogP contribution in [0.15, 0.2) is 24.5 Å². The first-order valence-corrected chi connectivity index (χ1v) is 4.47. The van der Waals surface area contributed by atoms with Crippen molar-refractivity contribution >= 4 is 11.8 Å². The maximum Gasteiger partial charge on any atom is 1.00 e. The fourth-order valence-corrected chi connectivity index (χ4v) is 1.15. The van der Waals surface area contributed by atoms with Crippen molar-refractivity contribution in [1.82, 2.24) is 4.98 Å². The Bertz CT molecular complexity index is 383. The van der Waals surface area contributed by atoms with E-state index in [0.29, 0.717) is 0 Å². The van der Waals surface area contributed by atoms with Gasteiger partial charge in [-0.05, 0) is 18.6 Å². The zero-order valence-electron chi connectivity index (χ0n) is 9.27. The largest absolute Gasteiger partial charge is 1.00 e. The summed E-state index contributed by atoms with van der Waals surface area (Å²) < 4.78 is 0. The second kappa shape index (κ2) is 6.10. The van der Waals surface area contributed by atoms with Crippen LogP contribution >= 0.6 is 0 Å². The van der Waals surface area contributed by atoms with Gasteiger partial charge < -0.3 is 15.6 Å². The third-order valence-electron chi connectivity index (χ3n) is 2.25. The van der Waals surface area contributed by atoms with E-state index in [1.807, 2.05) is 0 Å². The van der Waals surface area contributed by atoms with Gasteiger partial charge in [-0.2, -0.15) is 0 Å². The normalized spacial score (nSPS) is 13.4. The summed E-state index contributed by atoms with van der Waals surface area (Å²) in [7, 11) is 0. The van der Waals surface area contributed by atoms with E-state index in [4.69, 9.17) is 5.73 Å². The van der Waals surface area contributed by atoms with Crippen LogP contribution in [0.25, 0.3) is 0 Å². The van der Waals surface area contributed by atoms with Crippen molar-refractivity contribution in [1.29, 1.82) is 0 Å². The second-order valence-corrected chi connectivity index (χ2v) is 3.18. The van der Waals surface area contributed by atoms with Crippen LogP contribution in [0.1, 0.15) is 23.7 Å². The first kappa shape index (κ1) is 15.2. The molecule has 0 radical (unpaired) electrons. The fourth-order valence-electron chi connectivity index (χ4n) is 1.15. The quantitative estimate of drug-likeness (QED) is 0.324. The average molecular weight is 230 g/mol. The number of carbonyl (C=O) groups is 2. The number of aliphatic carboxylic acids is 1. The molecule has 80 valence electrons. The van der Waals surface area contributed by atoms with Gasteiger partial charge >= 0.3 is 29.6 Å². The smallest absolute Gasteiger partial charge is 0.548 e. The van der Waals surface area contributed by atoms with E-state index >= 15 is 0 Å². The SMILES string of the molecule is CCC(N)(C(=O)[O-])C(=O)c1cccnc1.[Na+]. The minimum absolute atomic E-state index is 0. The number of carbonyl (C=O) groups excluding carboxylic acids is 2. The molecule has 16 heavy (non-hydrogen) atoms. The number of aromatic nitrogens is 1. The number of pyridine rings is 1. The molecule has 0 aliphatic carbocycles. The van der Waals surface area contributed by atoms with Gasteiger partial charge in [0.25, 0.3) is 0 Å². The first-order chi connectivity index (χ1) is 7.02. The average Bonchev–Trinajstić information content (AvgIpc) is 2.28. The van der Waals surface area contributed by atoms with E-state index in [1.54, 1.807) is 6.07 Å². The van der Waals surface area contributed by atoms with E-state index in [0.717, 1.165) is 0 Å². The third-order valence-corrected chi connectivity index (χ3v) is 2.25. The van der Waals surface area contributed by atoms with Crippen LogP contribution in [-0.4, -0.2) is 22.3 Å². The number of carboxylic acid groups (broad SMARTS) is 1. The summed E-state index contributed by atoms with van der Waals surface area (Å²) in [6.45, 7) is 1.52. The standard InChI is InChI=1S/C10H12N2O3.Na/c1-2-10(11,9(14)15)8(13)7-4-3-5-12-6-7;/h3-6H,2,11H2,1H3,(H,14,15);/q;+1/p-1. The molecule has 0 aliphatic heterocycles. The Hall–Kier alpha value is -0.750. The number of nitrogens with zero attached hydrogens (tertiary/aromatic N) is 1. The van der Waals surface area contributed by atoms with Crippen molar-refractivity contribution < 1.29 is 44.3 Å². The Morgan fingerprint density at radius 2 is 2.19 bits per heavy atom. The van der Waals surface area contributed by atoms with Gasteiger partial charge in [0.15, 0.2) is 5.78 Å². The predicted octanol–water partition coefficient (Wildman–Crippen LogP) is -3.87. The van der Waals surface area contributed by atoms with E-state index in [1.165, 1.54) is 25.4 Å². The zero-order valence-corrected chi connectivity index (χ0v) is 11.3. The van der Waals surface area contributed by atoms with Crippen molar-refractivity contribution in [3.8, 4) is 0 Å². The van der Waals surface area contributed by atoms with Gasteiger partial charge in [-0.1, -0.05) is 6.92 Å². The summed E-state index contributed by atoms with van der Waals surface area (Å²) in [5.74, 6) is -2.25. The summed E-state index contributed by atoms with van der Waals surface area (Å²) in [4.78, 5) is 26.3. The summed E-state index contributed by atoms with van der Waals surface area (Å²) in [5.41, 5.74) is 3.68. The predicted molar refractivity (Wildman–Crippen MR) is 50.8 cm³/mol. The van der Waals surface area contributed by atoms with E-state index in [-0.39, 0.29) is 41.5 Å². The van der Waals surface area contributed by atoms with Gasteiger partial charge in [0, 0.05) is 18.0 Å². The molecule has 0 saturated heterocycles. The molecule has 0 spiro atoms. The molecule has 0 fully saturated rings. The van der Waals surface area contributed by atoms with Gasteiger partial charge in [-0.25, -0.2) is 0 Å². The van der Waals surface area contributed by atoms with Gasteiger partial charge in [-0.3, -0.25) is 9.78 Å². The van der Waals surface area contributed by atoms with Crippen molar-refractivity contribution in [2.24, 2.45) is 5.73 Å². The topological polar surface area (TPSA) is 96.1 Å². The number of carboxylic acids is 1. The molecule has 0 bridgehead atoms. The van der Waals surface area contributed by atoms with Crippen LogP contribution in [0.5, 0.6) is 0 Å². The van der Waals surface area contributed by atoms with Crippen LogP contribution in [0.3, 0.4) is 0 Å². The number of Topliss-reactive ketones (excluding diaryl/α,β-unsaturated/α-hetero) is 1. The molecule has 1 rings (SSSR count). The summed E-state index contributed by atoms with van der Waals surface area (Å²) in [6.07, 6.45) is 2.74. The van der Waals surface area contributed by atoms with Gasteiger partial charge in [0.2, 0.25) is 0 Å². The molecule has 1 unspecified atom stereocenters. The minimum Gasteiger partial charge on any atom is -0.548 e. The van der Waals surface area contributed by atoms with Crippen LogP contribution in [0.4, 0.5) is 0 Å². The molecule has 2 N–H and O–H groups in total. The van der Waals surface area contributed by atoms with Crippen LogP contribution in [0.2, 0.25) is 0 Å². The molecular weight excluding hydrogens is 219 g/mol. The van der Waals surface area contributed by atoms with Gasteiger partial charge in [0.1, 0.15) is 5.54 Å². The number of hydrogen-bond acceptors (Lipinski definition) is 5. The maximum atomic E-state index is 11.8. The van der Waals surface area contributed by atoms with Crippen LogP contribution < -0.4 is 40.4 Å². The molecule has 0 aliphatic rings. The van der Waals surface area contributed by atoms with Crippen LogP contribution in [-0.2, 0) is 4.79 Å². The van der Waals surface area contributed by atoms with Crippen molar-refractivity contribution in [2.45, 2.75) is 18.9 Å². The molecule has 5 nitrogen and oxygen atoms in total. The Morgan fingerprint density at radius 1 is 1.56 bits per heavy atom. The Morgan fingerprint density at radius 3 is 2.56 bits per heavy atom. The summed E-state index contributed by atoms with van der Waals surface area (Å²) in [6, 6.07) is 3.01. The summed E-state index contributed by atoms with van der Waals surface area (Å²) in [5, 5.41) is 10.8. The monoisotopic (exact) mass is 230 g/mol. The van der Waals surface area contributed by atoms with Crippen LogP contribution in [0, 0.1) is 0 Å². The first-order valence-electron chi connectivity index (χ1n) is 4.47. The molecule has 0 aromatic carbocycles. The van der Waals surface area contributed by atoms with E-state index in [2.05, 4.69) is 4.98 Å². The second-order valence-electron chi connectivity index (χ2n) is 3.18. The van der Waals surface area contributed by atoms with E-state index < -0.39 is 17.3 Å². The number of nitrogens with two attached hydrogens (primary N) is 1. The summed E-state index contributed by atoms with van der Waals surface area (Å²) >= 11 is 0. The minimum atomic E-state index is -1.97. The van der Waals surface area contributed by atoms with E-state index in [9.17, 15) is 14.7 Å². The molecule has 1 heterocycles. The Kier molecular flexibility index (Phi) is 5.81.